The highest BCUT2D eigenvalue weighted by Crippen LogP contribution is 2.23. The van der Waals surface area contributed by atoms with Gasteiger partial charge in [-0.3, -0.25) is 15.0 Å². The molecule has 0 bridgehead atoms. The molecule has 1 saturated heterocycles. The number of anilines is 2. The maximum atomic E-state index is 12.5. The van der Waals surface area contributed by atoms with E-state index < -0.39 is 5.91 Å². The Hall–Kier alpha value is -3.30. The van der Waals surface area contributed by atoms with Crippen LogP contribution in [0.5, 0.6) is 5.75 Å². The van der Waals surface area contributed by atoms with Crippen molar-refractivity contribution in [3.05, 3.63) is 71.9 Å². The molecule has 0 radical (unpaired) electrons. The lowest BCUT2D eigenvalue weighted by Crippen LogP contribution is -2.37. The number of amides is 2. The van der Waals surface area contributed by atoms with Crippen LogP contribution in [0.2, 0.25) is 5.02 Å². The standard InChI is InChI=1S/C17H16ClN3O3.C8H14N2S.C2H6/c1-3-4-16(22)20-14-7-6-12(24-2)9-13(14)17(23)21-15-8-5-11(18)10-19-15;1-2-3-8(9)10-4-6-11-7-5-10;1-2/h3-10H,1-2H3,(H,20,22)(H,19,21,23);2,9H,1,3-7H2;1-2H3/b4-3+;;. The number of rotatable bonds is 7. The number of nitrogens with one attached hydrogen (secondary N) is 3. The number of allylic oxidation sites excluding steroid dienone is 1. The Morgan fingerprint density at radius 2 is 1.92 bits per heavy atom. The predicted octanol–water partition coefficient (Wildman–Crippen LogP) is 6.13. The SMILES string of the molecule is C/C=C/C(=O)Nc1ccc(OC)cc1C(=O)Nc1ccc(Cl)cn1.C=CCC(=N)N1CCSCC1.CC. The average molecular weight is 546 g/mol. The van der Waals surface area contributed by atoms with Crippen LogP contribution in [-0.2, 0) is 4.79 Å². The number of pyridine rings is 1. The van der Waals surface area contributed by atoms with E-state index in [1.807, 2.05) is 25.6 Å². The fourth-order valence-corrected chi connectivity index (χ4v) is 4.02. The molecule has 1 aromatic carbocycles. The van der Waals surface area contributed by atoms with Gasteiger partial charge in [-0.15, -0.1) is 6.58 Å². The number of methoxy groups -OCH3 is 1. The van der Waals surface area contributed by atoms with Crippen LogP contribution in [0, 0.1) is 5.41 Å². The number of carbonyl (C=O) groups is 2. The minimum Gasteiger partial charge on any atom is -0.497 e. The first-order valence-electron chi connectivity index (χ1n) is 11.9. The summed E-state index contributed by atoms with van der Waals surface area (Å²) in [5.41, 5.74) is 0.620. The van der Waals surface area contributed by atoms with Gasteiger partial charge in [0.15, 0.2) is 0 Å². The van der Waals surface area contributed by atoms with Gasteiger partial charge in [0, 0.05) is 37.2 Å². The molecule has 3 N–H and O–H groups in total. The molecule has 2 heterocycles. The first-order chi connectivity index (χ1) is 17.9. The van der Waals surface area contributed by atoms with Gasteiger partial charge < -0.3 is 20.3 Å². The Balaban J connectivity index is 0.000000439. The molecule has 37 heavy (non-hydrogen) atoms. The predicted molar refractivity (Wildman–Crippen MR) is 156 cm³/mol. The minimum atomic E-state index is -0.431. The molecular formula is C27H36ClN5O3S. The van der Waals surface area contributed by atoms with Gasteiger partial charge in [0.2, 0.25) is 5.91 Å². The van der Waals surface area contributed by atoms with E-state index in [4.69, 9.17) is 21.7 Å². The van der Waals surface area contributed by atoms with Crippen LogP contribution in [0.1, 0.15) is 37.6 Å². The summed E-state index contributed by atoms with van der Waals surface area (Å²) in [6.07, 6.45) is 6.91. The number of carbonyl (C=O) groups excluding carboxylic acids is 2. The topological polar surface area (TPSA) is 107 Å². The van der Waals surface area contributed by atoms with Crippen molar-refractivity contribution in [2.24, 2.45) is 0 Å². The van der Waals surface area contributed by atoms with E-state index in [2.05, 4.69) is 27.1 Å². The molecular weight excluding hydrogens is 510 g/mol. The molecule has 10 heteroatoms. The third kappa shape index (κ3) is 11.5. The van der Waals surface area contributed by atoms with E-state index in [0.717, 1.165) is 18.9 Å². The van der Waals surface area contributed by atoms with E-state index in [-0.39, 0.29) is 11.5 Å². The highest BCUT2D eigenvalue weighted by molar-refractivity contribution is 7.99. The van der Waals surface area contributed by atoms with Crippen LogP contribution in [0.15, 0.2) is 61.3 Å². The Morgan fingerprint density at radius 3 is 2.49 bits per heavy atom. The zero-order chi connectivity index (χ0) is 27.6. The van der Waals surface area contributed by atoms with Gasteiger partial charge in [-0.25, -0.2) is 4.98 Å². The van der Waals surface area contributed by atoms with E-state index >= 15 is 0 Å². The van der Waals surface area contributed by atoms with Gasteiger partial charge >= 0.3 is 0 Å². The zero-order valence-corrected chi connectivity index (χ0v) is 23.4. The summed E-state index contributed by atoms with van der Waals surface area (Å²) in [5, 5.41) is 13.4. The number of halogens is 1. The van der Waals surface area contributed by atoms with Crippen molar-refractivity contribution >= 4 is 52.5 Å². The quantitative estimate of drug-likeness (QED) is 0.167. The monoisotopic (exact) mass is 545 g/mol. The molecule has 2 amide bonds. The third-order valence-corrected chi connectivity index (χ3v) is 5.91. The number of aromatic nitrogens is 1. The van der Waals surface area contributed by atoms with Crippen LogP contribution >= 0.6 is 23.4 Å². The molecule has 0 unspecified atom stereocenters. The first-order valence-corrected chi connectivity index (χ1v) is 13.5. The lowest BCUT2D eigenvalue weighted by molar-refractivity contribution is -0.111. The number of amidine groups is 1. The van der Waals surface area contributed by atoms with Crippen molar-refractivity contribution in [2.45, 2.75) is 27.2 Å². The summed E-state index contributed by atoms with van der Waals surface area (Å²) in [5.74, 6) is 3.13. The lowest BCUT2D eigenvalue weighted by atomic mass is 10.1. The van der Waals surface area contributed by atoms with Crippen molar-refractivity contribution in [1.82, 2.24) is 9.88 Å². The second kappa shape index (κ2) is 18.0. The Kier molecular flexibility index (Phi) is 15.5. The van der Waals surface area contributed by atoms with Crippen molar-refractivity contribution in [3.63, 3.8) is 0 Å². The molecule has 200 valence electrons. The Labute approximate surface area is 229 Å². The summed E-state index contributed by atoms with van der Waals surface area (Å²) < 4.78 is 5.14. The second-order valence-corrected chi connectivity index (χ2v) is 8.92. The van der Waals surface area contributed by atoms with Gasteiger partial charge in [-0.05, 0) is 43.3 Å². The summed E-state index contributed by atoms with van der Waals surface area (Å²) in [6.45, 7) is 11.4. The zero-order valence-electron chi connectivity index (χ0n) is 21.8. The van der Waals surface area contributed by atoms with Crippen LogP contribution in [0.4, 0.5) is 11.5 Å². The van der Waals surface area contributed by atoms with Gasteiger partial charge in [-0.1, -0.05) is 37.6 Å². The third-order valence-electron chi connectivity index (χ3n) is 4.75. The molecule has 1 fully saturated rings. The van der Waals surface area contributed by atoms with Crippen LogP contribution < -0.4 is 15.4 Å². The van der Waals surface area contributed by atoms with Gasteiger partial charge in [0.25, 0.3) is 5.91 Å². The molecule has 0 spiro atoms. The van der Waals surface area contributed by atoms with Crippen molar-refractivity contribution < 1.29 is 14.3 Å². The van der Waals surface area contributed by atoms with Gasteiger partial charge in [0.1, 0.15) is 11.6 Å². The fraction of sp³-hybridized carbons (Fsp3) is 0.333. The van der Waals surface area contributed by atoms with Crippen LogP contribution in [0.25, 0.3) is 0 Å². The van der Waals surface area contributed by atoms with Crippen molar-refractivity contribution in [3.8, 4) is 5.75 Å². The lowest BCUT2D eigenvalue weighted by Gasteiger charge is -2.28. The smallest absolute Gasteiger partial charge is 0.259 e. The molecule has 1 aliphatic heterocycles. The average Bonchev–Trinajstić information content (AvgIpc) is 2.92. The molecule has 1 aliphatic rings. The van der Waals surface area contributed by atoms with Crippen molar-refractivity contribution in [1.29, 1.82) is 5.41 Å². The van der Waals surface area contributed by atoms with E-state index in [1.165, 1.54) is 37.0 Å². The molecule has 8 nitrogen and oxygen atoms in total. The number of benzene rings is 1. The maximum Gasteiger partial charge on any atom is 0.259 e. The molecule has 0 saturated carbocycles. The van der Waals surface area contributed by atoms with E-state index in [9.17, 15) is 9.59 Å². The largest absolute Gasteiger partial charge is 0.497 e. The molecule has 2 aromatic rings. The molecule has 0 aliphatic carbocycles. The summed E-state index contributed by atoms with van der Waals surface area (Å²) in [6, 6.07) is 7.99. The van der Waals surface area contributed by atoms with Gasteiger partial charge in [0.05, 0.1) is 29.2 Å². The molecule has 1 aromatic heterocycles. The van der Waals surface area contributed by atoms with E-state index in [1.54, 1.807) is 43.3 Å². The number of hydrogen-bond donors (Lipinski definition) is 3. The molecule has 3 rings (SSSR count). The van der Waals surface area contributed by atoms with E-state index in [0.29, 0.717) is 28.7 Å². The highest BCUT2D eigenvalue weighted by Gasteiger charge is 2.15. The fourth-order valence-electron chi connectivity index (χ4n) is 3.01. The molecule has 0 atom stereocenters. The Bertz CT molecular complexity index is 1050. The Morgan fingerprint density at radius 1 is 1.22 bits per heavy atom. The summed E-state index contributed by atoms with van der Waals surface area (Å²) >= 11 is 7.74. The number of nitrogens with zero attached hydrogens (tertiary/aromatic N) is 2. The summed E-state index contributed by atoms with van der Waals surface area (Å²) in [7, 11) is 1.50. The van der Waals surface area contributed by atoms with Crippen LogP contribution in [0.3, 0.4) is 0 Å². The second-order valence-electron chi connectivity index (χ2n) is 7.26. The number of hydrogen-bond acceptors (Lipinski definition) is 6. The first kappa shape index (κ1) is 31.7. The maximum absolute atomic E-state index is 12.5. The minimum absolute atomic E-state index is 0.254. The number of thioether (sulfide) groups is 1. The normalized spacial score (nSPS) is 12.3. The van der Waals surface area contributed by atoms with Crippen LogP contribution in [-0.4, -0.2) is 59.2 Å². The summed E-state index contributed by atoms with van der Waals surface area (Å²) in [4.78, 5) is 30.4. The van der Waals surface area contributed by atoms with Gasteiger partial charge in [-0.2, -0.15) is 11.8 Å². The van der Waals surface area contributed by atoms with Crippen molar-refractivity contribution in [2.75, 3.05) is 42.3 Å². The number of ether oxygens (including phenoxy) is 1. The highest BCUT2D eigenvalue weighted by atomic mass is 35.5.